The van der Waals surface area contributed by atoms with Crippen LogP contribution in [0.4, 0.5) is 0 Å². The zero-order valence-electron chi connectivity index (χ0n) is 22.3. The van der Waals surface area contributed by atoms with Crippen molar-refractivity contribution in [2.45, 2.75) is 148 Å². The summed E-state index contributed by atoms with van der Waals surface area (Å²) in [5.74, 6) is -1.54. The van der Waals surface area contributed by atoms with Gasteiger partial charge in [-0.2, -0.15) is 8.42 Å². The Bertz CT molecular complexity index is 638. The predicted octanol–water partition coefficient (Wildman–Crippen LogP) is 5.70. The summed E-state index contributed by atoms with van der Waals surface area (Å²) in [6.07, 6.45) is 20.4. The number of hydrogen-bond acceptors (Lipinski definition) is 5. The maximum absolute atomic E-state index is 12.3. The summed E-state index contributed by atoms with van der Waals surface area (Å²) >= 11 is 0. The Morgan fingerprint density at radius 3 is 1.71 bits per heavy atom. The first-order valence-corrected chi connectivity index (χ1v) is 15.6. The molecule has 0 saturated heterocycles. The first-order chi connectivity index (χ1) is 16.7. The van der Waals surface area contributed by atoms with Crippen LogP contribution >= 0.6 is 0 Å². The van der Waals surface area contributed by atoms with Crippen LogP contribution in [0.25, 0.3) is 0 Å². The zero-order chi connectivity index (χ0) is 26.4. The van der Waals surface area contributed by atoms with Crippen LogP contribution in [0.15, 0.2) is 12.2 Å². The fourth-order valence-electron chi connectivity index (χ4n) is 4.10. The fraction of sp³-hybridized carbons (Fsp3) is 0.889. The maximum Gasteiger partial charge on any atom is 0.267 e. The molecule has 0 spiro atoms. The quantitative estimate of drug-likeness (QED) is 0.0737. The molecule has 4 N–H and O–H groups in total. The molecule has 0 aromatic rings. The van der Waals surface area contributed by atoms with Crippen LogP contribution in [-0.2, 0) is 14.9 Å². The Morgan fingerprint density at radius 1 is 0.771 bits per heavy atom. The largest absolute Gasteiger partial charge is 0.387 e. The van der Waals surface area contributed by atoms with E-state index in [0.29, 0.717) is 6.42 Å². The first kappa shape index (κ1) is 34.0. The molecule has 0 heterocycles. The van der Waals surface area contributed by atoms with Crippen molar-refractivity contribution < 1.29 is 28.0 Å². The summed E-state index contributed by atoms with van der Waals surface area (Å²) < 4.78 is 31.8. The molecule has 0 radical (unpaired) electrons. The molecule has 0 aliphatic rings. The van der Waals surface area contributed by atoms with Gasteiger partial charge in [0.1, 0.15) is 6.10 Å². The zero-order valence-corrected chi connectivity index (χ0v) is 23.1. The summed E-state index contributed by atoms with van der Waals surface area (Å²) in [7, 11) is -4.41. The highest BCUT2D eigenvalue weighted by molar-refractivity contribution is 7.85. The second kappa shape index (κ2) is 22.3. The first-order valence-electron chi connectivity index (χ1n) is 14.0. The number of nitrogens with one attached hydrogen (secondary N) is 1. The smallest absolute Gasteiger partial charge is 0.267 e. The Labute approximate surface area is 214 Å². The summed E-state index contributed by atoms with van der Waals surface area (Å²) in [4.78, 5) is 12.3. The van der Waals surface area contributed by atoms with E-state index in [9.17, 15) is 28.0 Å². The lowest BCUT2D eigenvalue weighted by Crippen LogP contribution is -2.50. The molecule has 0 bridgehead atoms. The maximum atomic E-state index is 12.3. The van der Waals surface area contributed by atoms with E-state index in [4.69, 9.17) is 0 Å². The highest BCUT2D eigenvalue weighted by Gasteiger charge is 2.27. The van der Waals surface area contributed by atoms with Crippen LogP contribution in [0.5, 0.6) is 0 Å². The Morgan fingerprint density at radius 2 is 1.23 bits per heavy atom. The van der Waals surface area contributed by atoms with E-state index < -0.39 is 40.0 Å². The summed E-state index contributed by atoms with van der Waals surface area (Å²) in [5, 5.41) is 22.9. The SMILES string of the molecule is CCCCC/C=C/C(O)C(CS(=O)(=O)O)NC(=O)C(O)CCCCCCCCCCCCCCC. The van der Waals surface area contributed by atoms with E-state index in [1.54, 1.807) is 6.08 Å². The van der Waals surface area contributed by atoms with Crippen molar-refractivity contribution >= 4 is 16.0 Å². The molecule has 0 aliphatic heterocycles. The van der Waals surface area contributed by atoms with Gasteiger partial charge >= 0.3 is 0 Å². The van der Waals surface area contributed by atoms with E-state index in [1.165, 1.54) is 63.9 Å². The van der Waals surface area contributed by atoms with Crippen LogP contribution in [-0.4, -0.2) is 53.1 Å². The van der Waals surface area contributed by atoms with Gasteiger partial charge in [-0.1, -0.05) is 122 Å². The van der Waals surface area contributed by atoms with Gasteiger partial charge in [0.2, 0.25) is 5.91 Å². The number of allylic oxidation sites excluding steroid dienone is 1. The molecular weight excluding hydrogens is 466 g/mol. The van der Waals surface area contributed by atoms with Gasteiger partial charge in [-0.25, -0.2) is 0 Å². The lowest BCUT2D eigenvalue weighted by molar-refractivity contribution is -0.130. The lowest BCUT2D eigenvalue weighted by Gasteiger charge is -2.22. The molecule has 35 heavy (non-hydrogen) atoms. The van der Waals surface area contributed by atoms with Crippen molar-refractivity contribution in [3.8, 4) is 0 Å². The molecule has 3 unspecified atom stereocenters. The van der Waals surface area contributed by atoms with Crippen LogP contribution in [0, 0.1) is 0 Å². The number of aliphatic hydroxyl groups excluding tert-OH is 2. The Kier molecular flexibility index (Phi) is 21.6. The second-order valence-electron chi connectivity index (χ2n) is 9.83. The highest BCUT2D eigenvalue weighted by atomic mass is 32.2. The van der Waals surface area contributed by atoms with Crippen molar-refractivity contribution in [3.05, 3.63) is 12.2 Å². The molecule has 0 saturated carbocycles. The molecule has 0 fully saturated rings. The van der Waals surface area contributed by atoms with Gasteiger partial charge in [0.05, 0.1) is 17.9 Å². The van der Waals surface area contributed by atoms with Gasteiger partial charge in [0.15, 0.2) is 0 Å². The van der Waals surface area contributed by atoms with Crippen LogP contribution in [0.3, 0.4) is 0 Å². The van der Waals surface area contributed by atoms with Crippen molar-refractivity contribution in [2.24, 2.45) is 0 Å². The molecule has 0 aromatic heterocycles. The van der Waals surface area contributed by atoms with E-state index in [2.05, 4.69) is 19.2 Å². The third-order valence-electron chi connectivity index (χ3n) is 6.32. The third kappa shape index (κ3) is 22.0. The monoisotopic (exact) mass is 519 g/mol. The van der Waals surface area contributed by atoms with Crippen LogP contribution < -0.4 is 5.32 Å². The molecule has 1 amide bonds. The van der Waals surface area contributed by atoms with E-state index in [-0.39, 0.29) is 6.42 Å². The topological polar surface area (TPSA) is 124 Å². The number of carbonyl (C=O) groups is 1. The van der Waals surface area contributed by atoms with Crippen LogP contribution in [0.2, 0.25) is 0 Å². The van der Waals surface area contributed by atoms with Crippen molar-refractivity contribution in [1.29, 1.82) is 0 Å². The number of amides is 1. The van der Waals surface area contributed by atoms with Gasteiger partial charge in [-0.3, -0.25) is 9.35 Å². The van der Waals surface area contributed by atoms with Crippen LogP contribution in [0.1, 0.15) is 129 Å². The van der Waals surface area contributed by atoms with E-state index in [1.807, 2.05) is 0 Å². The Hall–Kier alpha value is -0.960. The van der Waals surface area contributed by atoms with Gasteiger partial charge in [0, 0.05) is 0 Å². The molecule has 8 heteroatoms. The van der Waals surface area contributed by atoms with E-state index >= 15 is 0 Å². The Balaban J connectivity index is 4.14. The molecule has 0 rings (SSSR count). The second-order valence-corrected chi connectivity index (χ2v) is 11.3. The number of unbranched alkanes of at least 4 members (excludes halogenated alkanes) is 15. The minimum Gasteiger partial charge on any atom is -0.387 e. The standard InChI is InChI=1S/C27H53NO6S/c1-3-5-7-9-10-11-12-13-14-15-16-18-20-22-26(30)27(31)28-24(23-35(32,33)34)25(29)21-19-17-8-6-4-2/h19,21,24-26,29-30H,3-18,20,22-23H2,1-2H3,(H,28,31)(H,32,33,34)/b21-19+. The van der Waals surface area contributed by atoms with Crippen molar-refractivity contribution in [1.82, 2.24) is 5.32 Å². The minimum absolute atomic E-state index is 0.283. The molecule has 7 nitrogen and oxygen atoms in total. The van der Waals surface area contributed by atoms with Gasteiger partial charge in [-0.15, -0.1) is 0 Å². The normalized spacial score (nSPS) is 14.8. The van der Waals surface area contributed by atoms with Gasteiger partial charge in [0.25, 0.3) is 10.1 Å². The number of carbonyl (C=O) groups excluding carboxylic acids is 1. The average Bonchev–Trinajstić information content (AvgIpc) is 2.80. The third-order valence-corrected chi connectivity index (χ3v) is 7.10. The molecule has 0 aromatic carbocycles. The molecule has 208 valence electrons. The number of rotatable bonds is 24. The predicted molar refractivity (Wildman–Crippen MR) is 144 cm³/mol. The summed E-state index contributed by atoms with van der Waals surface area (Å²) in [6, 6.07) is -1.22. The average molecular weight is 520 g/mol. The molecule has 3 atom stereocenters. The van der Waals surface area contributed by atoms with Gasteiger partial charge < -0.3 is 15.5 Å². The van der Waals surface area contributed by atoms with E-state index in [0.717, 1.165) is 44.9 Å². The number of hydrogen-bond donors (Lipinski definition) is 4. The van der Waals surface area contributed by atoms with Gasteiger partial charge in [-0.05, 0) is 19.3 Å². The summed E-state index contributed by atoms with van der Waals surface area (Å²) in [6.45, 7) is 4.32. The highest BCUT2D eigenvalue weighted by Crippen LogP contribution is 2.14. The fourth-order valence-corrected chi connectivity index (χ4v) is 4.83. The molecular formula is C27H53NO6S. The lowest BCUT2D eigenvalue weighted by atomic mass is 10.0. The molecule has 0 aliphatic carbocycles. The van der Waals surface area contributed by atoms with Crippen molar-refractivity contribution in [2.75, 3.05) is 5.75 Å². The summed E-state index contributed by atoms with van der Waals surface area (Å²) in [5.41, 5.74) is 0. The number of aliphatic hydroxyl groups is 2. The minimum atomic E-state index is -4.41. The van der Waals surface area contributed by atoms with Crippen molar-refractivity contribution in [3.63, 3.8) is 0 Å².